The van der Waals surface area contributed by atoms with Crippen molar-refractivity contribution < 1.29 is 42.9 Å². The Hall–Kier alpha value is -3.79. The van der Waals surface area contributed by atoms with Crippen LogP contribution in [0.1, 0.15) is 27.7 Å². The third-order valence-electron chi connectivity index (χ3n) is 8.24. The van der Waals surface area contributed by atoms with Gasteiger partial charge in [-0.05, 0) is 59.0 Å². The molecular formula is C31H28I2N4O9. The Bertz CT molecular complexity index is 1660. The Labute approximate surface area is 290 Å². The van der Waals surface area contributed by atoms with Gasteiger partial charge >= 0.3 is 0 Å². The number of ether oxygens (including phenoxy) is 4. The number of carbonyl (C=O) groups is 3. The van der Waals surface area contributed by atoms with Gasteiger partial charge in [0.25, 0.3) is 0 Å². The summed E-state index contributed by atoms with van der Waals surface area (Å²) in [5, 5.41) is 5.08. The zero-order valence-corrected chi connectivity index (χ0v) is 29.4. The summed E-state index contributed by atoms with van der Waals surface area (Å²) in [7, 11) is 0. The fourth-order valence-electron chi connectivity index (χ4n) is 6.54. The molecule has 4 heterocycles. The fourth-order valence-corrected chi connectivity index (χ4v) is 8.10. The van der Waals surface area contributed by atoms with Gasteiger partial charge in [0.05, 0.1) is 22.2 Å². The van der Waals surface area contributed by atoms with Gasteiger partial charge in [-0.15, -0.1) is 0 Å². The van der Waals surface area contributed by atoms with Crippen LogP contribution in [0.2, 0.25) is 0 Å². The number of nitrogens with zero attached hydrogens (tertiary/aromatic N) is 2. The lowest BCUT2D eigenvalue weighted by Gasteiger charge is -2.56. The van der Waals surface area contributed by atoms with Gasteiger partial charge in [-0.3, -0.25) is 14.4 Å². The Balaban J connectivity index is 1.29. The van der Waals surface area contributed by atoms with Crippen LogP contribution in [0.5, 0.6) is 23.0 Å². The zero-order chi connectivity index (χ0) is 33.1. The van der Waals surface area contributed by atoms with Crippen LogP contribution < -0.4 is 39.4 Å². The van der Waals surface area contributed by atoms with Crippen molar-refractivity contribution in [2.24, 2.45) is 10.8 Å². The average Bonchev–Trinajstić information content (AvgIpc) is 2.97. The molecule has 4 aliphatic rings. The summed E-state index contributed by atoms with van der Waals surface area (Å²) >= 11 is 4.39. The van der Waals surface area contributed by atoms with Crippen molar-refractivity contribution in [3.8, 4) is 23.0 Å². The fraction of sp³-hybridized carbons (Fsp3) is 0.387. The second-order valence-corrected chi connectivity index (χ2v) is 14.5. The molecule has 0 saturated carbocycles. The number of hydrogen-bond acceptors (Lipinski definition) is 11. The van der Waals surface area contributed by atoms with E-state index in [2.05, 4.69) is 65.6 Å². The van der Waals surface area contributed by atoms with Crippen LogP contribution in [-0.2, 0) is 24.0 Å². The molecule has 13 nitrogen and oxygen atoms in total. The van der Waals surface area contributed by atoms with Gasteiger partial charge in [-0.2, -0.15) is 0 Å². The molecule has 2 aromatic rings. The van der Waals surface area contributed by atoms with Gasteiger partial charge in [0.2, 0.25) is 35.8 Å². The standard InChI is InChI=1S/C31H28I2N4O9/c1-15(40)34-27-25(9-38)43-21-5-17(32)19(7-23(21)45-27)36-11-30(3)13-37(14-31(4,12-36)29(30)42)20-8-24-22(6-18(20)33)44-26(10-39)28(46-24)35-16(2)41/h5-8,27-28H,11-14H2,1-4H3,(H,34,40)(H,35,41). The molecule has 46 heavy (non-hydrogen) atoms. The molecular weight excluding hydrogens is 826 g/mol. The summed E-state index contributed by atoms with van der Waals surface area (Å²) in [4.78, 5) is 64.6. The number of piperidine rings is 2. The number of amides is 2. The molecule has 2 unspecified atom stereocenters. The molecule has 2 atom stereocenters. The van der Waals surface area contributed by atoms with Crippen LogP contribution in [0.25, 0.3) is 0 Å². The number of ketones is 1. The number of Topliss-reactive ketones (excluding diaryl/α,β-unsaturated/α-hetero) is 1. The molecule has 2 aromatic carbocycles. The first-order valence-electron chi connectivity index (χ1n) is 14.2. The summed E-state index contributed by atoms with van der Waals surface area (Å²) in [6.45, 7) is 8.22. The maximum absolute atomic E-state index is 14.0. The summed E-state index contributed by atoms with van der Waals surface area (Å²) in [6, 6.07) is 7.13. The van der Waals surface area contributed by atoms with Crippen LogP contribution in [0.3, 0.4) is 0 Å². The number of halogens is 2. The largest absolute Gasteiger partial charge is 0.458 e. The first-order chi connectivity index (χ1) is 21.7. The Morgan fingerprint density at radius 1 is 0.739 bits per heavy atom. The number of carbonyl (C=O) groups excluding carboxylic acids is 5. The third-order valence-corrected chi connectivity index (χ3v) is 9.97. The number of nitrogens with one attached hydrogen (secondary N) is 2. The number of hydrogen-bond donors (Lipinski definition) is 2. The van der Waals surface area contributed by atoms with Crippen molar-refractivity contribution in [1.29, 1.82) is 0 Å². The monoisotopic (exact) mass is 854 g/mol. The normalized spacial score (nSPS) is 26.2. The lowest BCUT2D eigenvalue weighted by molar-refractivity contribution is -0.140. The molecule has 6 rings (SSSR count). The first kappa shape index (κ1) is 32.2. The molecule has 2 amide bonds. The predicted molar refractivity (Wildman–Crippen MR) is 180 cm³/mol. The molecule has 0 spiro atoms. The molecule has 4 aliphatic heterocycles. The maximum Gasteiger partial charge on any atom is 0.249 e. The smallest absolute Gasteiger partial charge is 0.249 e. The van der Waals surface area contributed by atoms with Crippen molar-refractivity contribution in [2.75, 3.05) is 36.0 Å². The third kappa shape index (κ3) is 5.69. The lowest BCUT2D eigenvalue weighted by Crippen LogP contribution is -2.68. The van der Waals surface area contributed by atoms with E-state index in [0.29, 0.717) is 49.2 Å². The molecule has 0 aromatic heterocycles. The zero-order valence-electron chi connectivity index (χ0n) is 25.1. The molecule has 2 bridgehead atoms. The van der Waals surface area contributed by atoms with Crippen LogP contribution in [0.4, 0.5) is 11.4 Å². The highest BCUT2D eigenvalue weighted by molar-refractivity contribution is 14.1. The van der Waals surface area contributed by atoms with Crippen LogP contribution in [0.15, 0.2) is 35.8 Å². The van der Waals surface area contributed by atoms with Gasteiger partial charge in [0.15, 0.2) is 40.7 Å². The van der Waals surface area contributed by atoms with Crippen molar-refractivity contribution in [3.63, 3.8) is 0 Å². The average molecular weight is 854 g/mol. The van der Waals surface area contributed by atoms with Gasteiger partial charge in [-0.25, -0.2) is 9.59 Å². The minimum atomic E-state index is -1.11. The molecule has 2 saturated heterocycles. The SMILES string of the molecule is CC(=O)NC1Oc2cc(N3CC4(C)CN(c5cc6c(cc5I)OC(=C=O)C(NC(C)=O)O6)CC(C)(C3)C4=O)c(I)cc2OC1=C=O. The van der Waals surface area contributed by atoms with E-state index in [1.54, 1.807) is 36.1 Å². The Kier molecular flexibility index (Phi) is 8.24. The number of rotatable bonds is 4. The van der Waals surface area contributed by atoms with Crippen molar-refractivity contribution in [3.05, 3.63) is 42.9 Å². The van der Waals surface area contributed by atoms with Crippen molar-refractivity contribution in [1.82, 2.24) is 10.6 Å². The number of anilines is 2. The van der Waals surface area contributed by atoms with E-state index in [1.807, 2.05) is 13.8 Å². The highest BCUT2D eigenvalue weighted by atomic mass is 127. The topological polar surface area (TPSA) is 153 Å². The van der Waals surface area contributed by atoms with Gasteiger partial charge in [0.1, 0.15) is 0 Å². The molecule has 2 fully saturated rings. The van der Waals surface area contributed by atoms with E-state index in [-0.39, 0.29) is 17.3 Å². The molecule has 15 heteroatoms. The quantitative estimate of drug-likeness (QED) is 0.345. The van der Waals surface area contributed by atoms with E-state index >= 15 is 0 Å². The van der Waals surface area contributed by atoms with E-state index < -0.39 is 35.1 Å². The van der Waals surface area contributed by atoms with E-state index in [1.165, 1.54) is 13.8 Å². The lowest BCUT2D eigenvalue weighted by atomic mass is 9.64. The maximum atomic E-state index is 14.0. The van der Waals surface area contributed by atoms with Crippen LogP contribution >= 0.6 is 45.2 Å². The second-order valence-electron chi connectivity index (χ2n) is 12.2. The van der Waals surface area contributed by atoms with E-state index in [4.69, 9.17) is 18.9 Å². The summed E-state index contributed by atoms with van der Waals surface area (Å²) in [5.74, 6) is 3.77. The van der Waals surface area contributed by atoms with E-state index in [9.17, 15) is 24.0 Å². The molecule has 0 aliphatic carbocycles. The highest BCUT2D eigenvalue weighted by Gasteiger charge is 2.56. The number of fused-ring (bicyclic) bond motifs is 4. The molecule has 240 valence electrons. The van der Waals surface area contributed by atoms with Crippen molar-refractivity contribution in [2.45, 2.75) is 40.2 Å². The molecule has 0 radical (unpaired) electrons. The summed E-state index contributed by atoms with van der Waals surface area (Å²) < 4.78 is 25.0. The number of benzene rings is 2. The first-order valence-corrected chi connectivity index (χ1v) is 16.3. The summed E-state index contributed by atoms with van der Waals surface area (Å²) in [5.41, 5.74) is 0.128. The van der Waals surface area contributed by atoms with Crippen molar-refractivity contribution >= 4 is 86.0 Å². The second kappa shape index (κ2) is 11.8. The minimum absolute atomic E-state index is 0.172. The van der Waals surface area contributed by atoms with Gasteiger partial charge in [0, 0.05) is 71.4 Å². The van der Waals surface area contributed by atoms with Crippen LogP contribution in [0, 0.1) is 18.0 Å². The summed E-state index contributed by atoms with van der Waals surface area (Å²) in [6.07, 6.45) is -2.21. The Morgan fingerprint density at radius 3 is 1.43 bits per heavy atom. The van der Waals surface area contributed by atoms with E-state index in [0.717, 1.165) is 18.5 Å². The predicted octanol–water partition coefficient (Wildman–Crippen LogP) is 2.72. The van der Waals surface area contributed by atoms with Gasteiger partial charge < -0.3 is 39.4 Å². The molecule has 2 N–H and O–H groups in total. The van der Waals surface area contributed by atoms with Gasteiger partial charge in [-0.1, -0.05) is 0 Å². The highest BCUT2D eigenvalue weighted by Crippen LogP contribution is 2.49. The van der Waals surface area contributed by atoms with Crippen LogP contribution in [-0.4, -0.2) is 68.1 Å². The Morgan fingerprint density at radius 2 is 1.11 bits per heavy atom. The minimum Gasteiger partial charge on any atom is -0.458 e.